The van der Waals surface area contributed by atoms with E-state index in [2.05, 4.69) is 29.5 Å². The van der Waals surface area contributed by atoms with E-state index in [4.69, 9.17) is 43.2 Å². The van der Waals surface area contributed by atoms with Crippen LogP contribution in [-0.2, 0) is 71.8 Å². The predicted octanol–water partition coefficient (Wildman–Crippen LogP) is 6.50. The largest absolute Gasteiger partial charge is 0.476 e. The fourth-order valence-electron chi connectivity index (χ4n) is 14.2. The maximum atomic E-state index is 13.7. The molecule has 3 aromatic heterocycles. The molecule has 2 aromatic carbocycles. The zero-order valence-electron chi connectivity index (χ0n) is 50.8. The number of carboxylic acids is 1. The van der Waals surface area contributed by atoms with Gasteiger partial charge in [-0.15, -0.1) is 0 Å². The second kappa shape index (κ2) is 28.6. The summed E-state index contributed by atoms with van der Waals surface area (Å²) in [5.74, 6) is -1.94. The number of pyridine rings is 1. The van der Waals surface area contributed by atoms with Crippen LogP contribution >= 0.6 is 11.3 Å². The quantitative estimate of drug-likeness (QED) is 0.0289. The molecule has 4 bridgehead atoms. The van der Waals surface area contributed by atoms with E-state index in [9.17, 15) is 33.9 Å². The summed E-state index contributed by atoms with van der Waals surface area (Å²) in [4.78, 5) is 89.1. The van der Waals surface area contributed by atoms with Crippen molar-refractivity contribution in [1.82, 2.24) is 34.9 Å². The second-order valence-electron chi connectivity index (χ2n) is 24.3. The van der Waals surface area contributed by atoms with Crippen LogP contribution in [0.25, 0.3) is 21.3 Å². The number of carbonyl (C=O) groups excluding carboxylic acids is 5. The number of likely N-dealkylation sites (N-methyl/N-ethyl adjacent to an activating group) is 1. The Morgan fingerprint density at radius 3 is 2.11 bits per heavy atom. The van der Waals surface area contributed by atoms with Crippen molar-refractivity contribution >= 4 is 68.0 Å². The maximum Gasteiger partial charge on any atom is 0.355 e. The normalized spacial score (nSPS) is 21.7. The van der Waals surface area contributed by atoms with Crippen molar-refractivity contribution in [3.8, 4) is 11.1 Å². The van der Waals surface area contributed by atoms with Gasteiger partial charge in [0.2, 0.25) is 11.8 Å². The summed E-state index contributed by atoms with van der Waals surface area (Å²) in [6.45, 7) is 14.2. The summed E-state index contributed by atoms with van der Waals surface area (Å²) in [7, 11) is 1.81. The van der Waals surface area contributed by atoms with Crippen LogP contribution in [0, 0.1) is 23.2 Å². The Labute approximate surface area is 516 Å². The van der Waals surface area contributed by atoms with Crippen LogP contribution in [0.1, 0.15) is 96.5 Å². The lowest BCUT2D eigenvalue weighted by atomic mass is 9.60. The van der Waals surface area contributed by atoms with E-state index in [1.807, 2.05) is 78.2 Å². The number of amides is 5. The molecule has 0 radical (unpaired) electrons. The molecule has 11 rings (SSSR count). The van der Waals surface area contributed by atoms with Gasteiger partial charge in [0.05, 0.1) is 114 Å². The maximum absolute atomic E-state index is 13.7. The van der Waals surface area contributed by atoms with E-state index in [0.717, 1.165) is 69.6 Å². The van der Waals surface area contributed by atoms with E-state index in [0.29, 0.717) is 141 Å². The lowest BCUT2D eigenvalue weighted by Gasteiger charge is -2.46. The Morgan fingerprint density at radius 1 is 0.739 bits per heavy atom. The van der Waals surface area contributed by atoms with Gasteiger partial charge in [0.1, 0.15) is 5.82 Å². The summed E-state index contributed by atoms with van der Waals surface area (Å²) in [5.41, 5.74) is 5.04. The molecule has 5 amide bonds. The van der Waals surface area contributed by atoms with Gasteiger partial charge in [0.25, 0.3) is 17.7 Å². The Kier molecular flexibility index (Phi) is 20.8. The molecule has 4 atom stereocenters. The highest BCUT2D eigenvalue weighted by molar-refractivity contribution is 7.22. The van der Waals surface area contributed by atoms with Gasteiger partial charge in [-0.3, -0.25) is 38.9 Å². The van der Waals surface area contributed by atoms with Crippen molar-refractivity contribution in [2.45, 2.75) is 90.8 Å². The molecular weight excluding hydrogens is 1150 g/mol. The third-order valence-electron chi connectivity index (χ3n) is 17.8. The number of imide groups is 1. The highest BCUT2D eigenvalue weighted by atomic mass is 32.1. The fourth-order valence-corrected chi connectivity index (χ4v) is 15.1. The molecule has 24 heteroatoms. The Morgan fingerprint density at radius 2 is 1.42 bits per heavy atom. The van der Waals surface area contributed by atoms with Crippen molar-refractivity contribution in [3.63, 3.8) is 0 Å². The van der Waals surface area contributed by atoms with Gasteiger partial charge in [0.15, 0.2) is 10.8 Å². The van der Waals surface area contributed by atoms with Crippen LogP contribution in [0.4, 0.5) is 10.9 Å². The molecule has 0 spiro atoms. The van der Waals surface area contributed by atoms with Gasteiger partial charge in [0, 0.05) is 87.3 Å². The monoisotopic (exact) mass is 1230 g/mol. The molecular formula is C64H81N9O14S. The lowest BCUT2D eigenvalue weighted by molar-refractivity contribution is -0.137. The number of thiazole rings is 1. The van der Waals surface area contributed by atoms with Gasteiger partial charge >= 0.3 is 5.97 Å². The minimum absolute atomic E-state index is 0.0131. The van der Waals surface area contributed by atoms with Gasteiger partial charge in [-0.1, -0.05) is 49.4 Å². The van der Waals surface area contributed by atoms with E-state index in [-0.39, 0.29) is 71.3 Å². The number of hydrogen-bond acceptors (Lipinski definition) is 18. The number of carbonyl (C=O) groups is 6. The van der Waals surface area contributed by atoms with Crippen molar-refractivity contribution < 1.29 is 67.0 Å². The number of fused-ring (bicyclic) bond motifs is 2. The summed E-state index contributed by atoms with van der Waals surface area (Å²) in [5, 5.41) is 21.8. The Hall–Kier alpha value is -7.03. The van der Waals surface area contributed by atoms with E-state index in [1.54, 1.807) is 11.1 Å². The molecule has 4 unspecified atom stereocenters. The number of rotatable bonds is 35. The number of nitrogens with one attached hydrogen (secondary N) is 2. The molecule has 88 heavy (non-hydrogen) atoms. The average molecular weight is 1230 g/mol. The predicted molar refractivity (Wildman–Crippen MR) is 327 cm³/mol. The van der Waals surface area contributed by atoms with Gasteiger partial charge in [-0.2, -0.15) is 5.10 Å². The summed E-state index contributed by atoms with van der Waals surface area (Å²) >= 11 is 1.43. The van der Waals surface area contributed by atoms with Crippen LogP contribution in [0.3, 0.4) is 0 Å². The topological polar surface area (TPSA) is 265 Å². The third kappa shape index (κ3) is 15.2. The average Bonchev–Trinajstić information content (AvgIpc) is 1.53. The molecule has 23 nitrogen and oxygen atoms in total. The molecule has 472 valence electrons. The Balaban J connectivity index is 0.594. The van der Waals surface area contributed by atoms with E-state index >= 15 is 0 Å². The minimum Gasteiger partial charge on any atom is -0.476 e. The lowest BCUT2D eigenvalue weighted by Crippen LogP contribution is -2.44. The second-order valence-corrected chi connectivity index (χ2v) is 25.4. The van der Waals surface area contributed by atoms with Gasteiger partial charge < -0.3 is 53.4 Å². The van der Waals surface area contributed by atoms with Gasteiger partial charge in [-0.05, 0) is 103 Å². The molecule has 5 heterocycles. The summed E-state index contributed by atoms with van der Waals surface area (Å²) in [6, 6.07) is 17.2. The van der Waals surface area contributed by atoms with Crippen molar-refractivity contribution in [1.29, 1.82) is 0 Å². The molecule has 0 saturated heterocycles. The number of ether oxygens (including phenoxy) is 7. The molecule has 3 N–H and O–H groups in total. The highest BCUT2D eigenvalue weighted by Gasteiger charge is 2.74. The van der Waals surface area contributed by atoms with Crippen molar-refractivity contribution in [3.05, 3.63) is 101 Å². The fraction of sp³-hybridized carbons (Fsp3) is 0.547. The first-order chi connectivity index (χ1) is 42.5. The smallest absolute Gasteiger partial charge is 0.355 e. The number of aromatic nitrogens is 4. The van der Waals surface area contributed by atoms with Crippen LogP contribution in [0.2, 0.25) is 0 Å². The minimum atomic E-state index is -1.13. The van der Waals surface area contributed by atoms with E-state index < -0.39 is 17.8 Å². The molecule has 4 saturated carbocycles. The van der Waals surface area contributed by atoms with Crippen molar-refractivity contribution in [2.75, 3.05) is 129 Å². The van der Waals surface area contributed by atoms with Crippen LogP contribution in [0.5, 0.6) is 0 Å². The summed E-state index contributed by atoms with van der Waals surface area (Å²) < 4.78 is 43.4. The zero-order valence-corrected chi connectivity index (χ0v) is 51.6. The number of hydrogen-bond donors (Lipinski definition) is 3. The molecule has 6 aliphatic rings. The standard InChI is InChI=1S/C64H81N9O14S/c1-44-48(46-12-13-52(68-57(46)59(79)80)71-20-16-45-8-7-9-47(49(45)37-71)58(78)69-60-67-50-10-5-6-11-51(50)88-60)36-66-73(44)43-63-39-61(2)38-62(3,41-63)64(40-61,42-63)87-25-22-70(4)54(75)18-23-81-26-28-83-30-32-85-34-35-86-33-31-84-29-27-82-24-19-65-53(74)17-21-72-55(76)14-15-56(72)77/h5-15,36H,16-35,37-43H2,1-4H3,(H,65,74)(H,79,80)(H,67,69,78). The van der Waals surface area contributed by atoms with Crippen molar-refractivity contribution in [2.24, 2.45) is 16.2 Å². The first-order valence-corrected chi connectivity index (χ1v) is 31.2. The molecule has 4 fully saturated rings. The third-order valence-corrected chi connectivity index (χ3v) is 18.7. The zero-order chi connectivity index (χ0) is 61.9. The van der Waals surface area contributed by atoms with Crippen LogP contribution in [-0.4, -0.2) is 195 Å². The highest BCUT2D eigenvalue weighted by Crippen LogP contribution is 2.77. The van der Waals surface area contributed by atoms with Crippen LogP contribution in [0.15, 0.2) is 72.9 Å². The molecule has 2 aliphatic heterocycles. The number of nitrogens with zero attached hydrogens (tertiary/aromatic N) is 7. The number of aromatic carboxylic acids is 1. The SMILES string of the molecule is Cc1c(-c2ccc(N3CCc4cccc(C(=O)Nc5nc6ccccc6s5)c4C3)nc2C(=O)O)cnn1CC12CC3(C)CC(C)(C1)C(OCCN(C)C(=O)CCOCCOCCOCCOCCOCCOCCNC(=O)CCN1C(=O)C=CC1=O)(C3)C2. The number of carboxylic acid groups (broad SMARTS) is 1. The number of anilines is 2. The first-order valence-electron chi connectivity index (χ1n) is 30.4. The molecule has 4 aliphatic carbocycles. The summed E-state index contributed by atoms with van der Waals surface area (Å²) in [6.07, 6.45) is 10.1. The van der Waals surface area contributed by atoms with Gasteiger partial charge in [-0.25, -0.2) is 14.8 Å². The number of benzene rings is 2. The Bertz CT molecular complexity index is 3320. The van der Waals surface area contributed by atoms with Crippen LogP contribution < -0.4 is 15.5 Å². The molecule has 5 aromatic rings. The first kappa shape index (κ1) is 64.0. The number of para-hydroxylation sites is 1. The van der Waals surface area contributed by atoms with E-state index in [1.165, 1.54) is 23.5 Å².